The number of nitrogens with one attached hydrogen (secondary N) is 1. The summed E-state index contributed by atoms with van der Waals surface area (Å²) in [5, 5.41) is 22.7. The maximum atomic E-state index is 10.6. The minimum atomic E-state index is -0.513. The van der Waals surface area contributed by atoms with Crippen LogP contribution >= 0.6 is 0 Å². The first-order chi connectivity index (χ1) is 12.1. The number of aromatic nitrogens is 2. The Morgan fingerprint density at radius 1 is 1.36 bits per heavy atom. The minimum absolute atomic E-state index is 0.0400. The maximum absolute atomic E-state index is 10.6. The molecular formula is C18H30N4O3. The van der Waals surface area contributed by atoms with Gasteiger partial charge in [-0.15, -0.1) is 0 Å². The predicted octanol–water partition coefficient (Wildman–Crippen LogP) is 1.52. The van der Waals surface area contributed by atoms with Gasteiger partial charge in [-0.25, -0.2) is 4.98 Å². The standard InChI is InChI=1S/C18H30N4O3/c1-22(9-7-18(24)5-2-3-6-18)16-12-15(14-4-11-25-13-14)20-17(21-16)19-8-10-23/h12,14,23-24H,2-11,13H2,1H3,(H,19,20,21)/t14-/m0/s1. The molecule has 1 aliphatic heterocycles. The summed E-state index contributed by atoms with van der Waals surface area (Å²) in [7, 11) is 2.01. The highest BCUT2D eigenvalue weighted by Crippen LogP contribution is 2.33. The third-order valence-corrected chi connectivity index (χ3v) is 5.31. The molecule has 1 saturated carbocycles. The van der Waals surface area contributed by atoms with E-state index in [-0.39, 0.29) is 6.61 Å². The molecule has 3 N–H and O–H groups in total. The lowest BCUT2D eigenvalue weighted by molar-refractivity contribution is 0.0410. The molecule has 0 unspecified atom stereocenters. The number of anilines is 2. The van der Waals surface area contributed by atoms with Crippen LogP contribution in [0.25, 0.3) is 0 Å². The average Bonchev–Trinajstić information content (AvgIpc) is 3.30. The second-order valence-electron chi connectivity index (χ2n) is 7.29. The Morgan fingerprint density at radius 2 is 2.16 bits per heavy atom. The normalized spacial score (nSPS) is 22.3. The van der Waals surface area contributed by atoms with Gasteiger partial charge >= 0.3 is 0 Å². The van der Waals surface area contributed by atoms with Gasteiger partial charge in [-0.1, -0.05) is 12.8 Å². The van der Waals surface area contributed by atoms with Crippen LogP contribution in [0, 0.1) is 0 Å². The number of aliphatic hydroxyl groups is 2. The van der Waals surface area contributed by atoms with Crippen LogP contribution in [-0.4, -0.2) is 65.7 Å². The fourth-order valence-electron chi connectivity index (χ4n) is 3.65. The quantitative estimate of drug-likeness (QED) is 0.655. The van der Waals surface area contributed by atoms with E-state index in [1.54, 1.807) is 0 Å². The first kappa shape index (κ1) is 18.4. The summed E-state index contributed by atoms with van der Waals surface area (Å²) >= 11 is 0. The Hall–Kier alpha value is -1.44. The Morgan fingerprint density at radius 3 is 2.84 bits per heavy atom. The minimum Gasteiger partial charge on any atom is -0.395 e. The zero-order valence-corrected chi connectivity index (χ0v) is 15.1. The Bertz CT molecular complexity index is 557. The summed E-state index contributed by atoms with van der Waals surface area (Å²) in [5.41, 5.74) is 0.468. The fraction of sp³-hybridized carbons (Fsp3) is 0.778. The summed E-state index contributed by atoms with van der Waals surface area (Å²) in [6.45, 7) is 2.69. The largest absolute Gasteiger partial charge is 0.395 e. The van der Waals surface area contributed by atoms with Gasteiger partial charge in [0.2, 0.25) is 5.95 Å². The highest BCUT2D eigenvalue weighted by Gasteiger charge is 2.31. The van der Waals surface area contributed by atoms with Crippen LogP contribution in [0.5, 0.6) is 0 Å². The van der Waals surface area contributed by atoms with Gasteiger partial charge in [0.05, 0.1) is 24.5 Å². The van der Waals surface area contributed by atoms with Crippen molar-refractivity contribution >= 4 is 11.8 Å². The van der Waals surface area contributed by atoms with Gasteiger partial charge in [0.1, 0.15) is 5.82 Å². The van der Waals surface area contributed by atoms with Crippen molar-refractivity contribution in [2.45, 2.75) is 50.0 Å². The lowest BCUT2D eigenvalue weighted by Gasteiger charge is -2.27. The van der Waals surface area contributed by atoms with E-state index in [0.29, 0.717) is 25.0 Å². The Kier molecular flexibility index (Phi) is 6.09. The highest BCUT2D eigenvalue weighted by molar-refractivity contribution is 5.45. The molecule has 1 atom stereocenters. The van der Waals surface area contributed by atoms with Crippen LogP contribution in [0.3, 0.4) is 0 Å². The number of nitrogens with zero attached hydrogens (tertiary/aromatic N) is 3. The van der Waals surface area contributed by atoms with Crippen molar-refractivity contribution in [1.82, 2.24) is 9.97 Å². The molecule has 1 saturated heterocycles. The second kappa shape index (κ2) is 8.29. The molecule has 140 valence electrons. The maximum Gasteiger partial charge on any atom is 0.224 e. The van der Waals surface area contributed by atoms with E-state index < -0.39 is 5.60 Å². The molecule has 0 radical (unpaired) electrons. The van der Waals surface area contributed by atoms with E-state index in [0.717, 1.165) is 63.2 Å². The molecule has 3 rings (SSSR count). The van der Waals surface area contributed by atoms with E-state index in [1.165, 1.54) is 0 Å². The fourth-order valence-corrected chi connectivity index (χ4v) is 3.65. The monoisotopic (exact) mass is 350 g/mol. The number of hydrogen-bond acceptors (Lipinski definition) is 7. The average molecular weight is 350 g/mol. The van der Waals surface area contributed by atoms with Crippen molar-refractivity contribution < 1.29 is 14.9 Å². The van der Waals surface area contributed by atoms with Gasteiger partial charge < -0.3 is 25.2 Å². The molecule has 2 heterocycles. The first-order valence-corrected chi connectivity index (χ1v) is 9.35. The van der Waals surface area contributed by atoms with E-state index in [2.05, 4.69) is 20.2 Å². The van der Waals surface area contributed by atoms with Gasteiger partial charge in [0, 0.05) is 38.7 Å². The lowest BCUT2D eigenvalue weighted by Crippen LogP contribution is -2.31. The number of aliphatic hydroxyl groups excluding tert-OH is 1. The lowest BCUT2D eigenvalue weighted by atomic mass is 9.98. The Balaban J connectivity index is 1.71. The number of hydrogen-bond donors (Lipinski definition) is 3. The van der Waals surface area contributed by atoms with Gasteiger partial charge in [0.15, 0.2) is 0 Å². The number of rotatable bonds is 8. The van der Waals surface area contributed by atoms with E-state index >= 15 is 0 Å². The summed E-state index contributed by atoms with van der Waals surface area (Å²) in [5.74, 6) is 1.68. The molecular weight excluding hydrogens is 320 g/mol. The molecule has 7 heteroatoms. The van der Waals surface area contributed by atoms with Gasteiger partial charge in [-0.3, -0.25) is 0 Å². The molecule has 0 bridgehead atoms. The van der Waals surface area contributed by atoms with E-state index in [1.807, 2.05) is 13.1 Å². The molecule has 0 spiro atoms. The second-order valence-corrected chi connectivity index (χ2v) is 7.29. The molecule has 7 nitrogen and oxygen atoms in total. The van der Waals surface area contributed by atoms with Gasteiger partial charge in [0.25, 0.3) is 0 Å². The molecule has 2 aliphatic rings. The third kappa shape index (κ3) is 4.80. The van der Waals surface area contributed by atoms with Crippen molar-refractivity contribution in [3.8, 4) is 0 Å². The molecule has 1 aromatic heterocycles. The summed E-state index contributed by atoms with van der Waals surface area (Å²) < 4.78 is 5.49. The van der Waals surface area contributed by atoms with Crippen molar-refractivity contribution in [1.29, 1.82) is 0 Å². The molecule has 1 aliphatic carbocycles. The molecule has 2 fully saturated rings. The molecule has 1 aromatic rings. The summed E-state index contributed by atoms with van der Waals surface area (Å²) in [4.78, 5) is 11.3. The van der Waals surface area contributed by atoms with Gasteiger partial charge in [-0.05, 0) is 25.7 Å². The van der Waals surface area contributed by atoms with Crippen LogP contribution in [0.2, 0.25) is 0 Å². The summed E-state index contributed by atoms with van der Waals surface area (Å²) in [6, 6.07) is 2.03. The first-order valence-electron chi connectivity index (χ1n) is 9.35. The SMILES string of the molecule is CN(CCC1(O)CCCC1)c1cc([C@H]2CCOC2)nc(NCCO)n1. The zero-order chi connectivity index (χ0) is 17.7. The van der Waals surface area contributed by atoms with E-state index in [4.69, 9.17) is 9.84 Å². The number of ether oxygens (including phenoxy) is 1. The molecule has 25 heavy (non-hydrogen) atoms. The van der Waals surface area contributed by atoms with Crippen molar-refractivity contribution in [2.24, 2.45) is 0 Å². The summed E-state index contributed by atoms with van der Waals surface area (Å²) in [6.07, 6.45) is 5.77. The van der Waals surface area contributed by atoms with Crippen LogP contribution in [-0.2, 0) is 4.74 Å². The Labute approximate surface area is 149 Å². The van der Waals surface area contributed by atoms with Crippen LogP contribution in [0.4, 0.5) is 11.8 Å². The predicted molar refractivity (Wildman–Crippen MR) is 97.1 cm³/mol. The van der Waals surface area contributed by atoms with Crippen LogP contribution in [0.1, 0.15) is 50.1 Å². The van der Waals surface area contributed by atoms with Gasteiger partial charge in [-0.2, -0.15) is 4.98 Å². The van der Waals surface area contributed by atoms with Crippen molar-refractivity contribution in [2.75, 3.05) is 50.2 Å². The topological polar surface area (TPSA) is 90.7 Å². The smallest absolute Gasteiger partial charge is 0.224 e. The third-order valence-electron chi connectivity index (χ3n) is 5.31. The zero-order valence-electron chi connectivity index (χ0n) is 15.1. The van der Waals surface area contributed by atoms with Crippen molar-refractivity contribution in [3.05, 3.63) is 11.8 Å². The van der Waals surface area contributed by atoms with Crippen LogP contribution < -0.4 is 10.2 Å². The molecule has 0 amide bonds. The molecule has 0 aromatic carbocycles. The highest BCUT2D eigenvalue weighted by atomic mass is 16.5. The van der Waals surface area contributed by atoms with Crippen LogP contribution in [0.15, 0.2) is 6.07 Å². The van der Waals surface area contributed by atoms with Crippen molar-refractivity contribution in [3.63, 3.8) is 0 Å². The van der Waals surface area contributed by atoms with E-state index in [9.17, 15) is 5.11 Å².